The van der Waals surface area contributed by atoms with E-state index in [-0.39, 0.29) is 0 Å². The Kier molecular flexibility index (Phi) is 1.86. The fourth-order valence-electron chi connectivity index (χ4n) is 1.28. The molecule has 0 spiro atoms. The van der Waals surface area contributed by atoms with Gasteiger partial charge in [0.15, 0.2) is 0 Å². The number of halogens is 1. The zero-order chi connectivity index (χ0) is 7.84. The van der Waals surface area contributed by atoms with Crippen molar-refractivity contribution in [2.24, 2.45) is 0 Å². The summed E-state index contributed by atoms with van der Waals surface area (Å²) in [6.07, 6.45) is 1.08. The molecule has 0 saturated heterocycles. The summed E-state index contributed by atoms with van der Waals surface area (Å²) in [6, 6.07) is 6.10. The largest absolute Gasteiger partial charge is 0.118 e. The van der Waals surface area contributed by atoms with Crippen molar-refractivity contribution in [3.05, 3.63) is 34.0 Å². The van der Waals surface area contributed by atoms with Gasteiger partial charge in [0.05, 0.1) is 0 Å². The number of hydrogen-bond donors (Lipinski definition) is 0. The third kappa shape index (κ3) is 1.40. The summed E-state index contributed by atoms with van der Waals surface area (Å²) in [7, 11) is 0. The molecule has 1 radical (unpaired) electrons. The van der Waals surface area contributed by atoms with Crippen LogP contribution in [0.3, 0.4) is 0 Å². The molecule has 2 heteroatoms. The van der Waals surface area contributed by atoms with Crippen LogP contribution in [-0.2, 0) is 6.42 Å². The quantitative estimate of drug-likeness (QED) is 0.593. The van der Waals surface area contributed by atoms with Crippen LogP contribution in [0.25, 0.3) is 0 Å². The standard InChI is InChI=1S/C9H8ClS/c1-6-4-7-5-8(10)2-3-9(7)11-6/h2-3,5H,4H2,1H3. The summed E-state index contributed by atoms with van der Waals surface area (Å²) in [5, 5.41) is 2.31. The molecule has 0 N–H and O–H groups in total. The molecule has 11 heavy (non-hydrogen) atoms. The van der Waals surface area contributed by atoms with Crippen molar-refractivity contribution in [1.29, 1.82) is 0 Å². The average Bonchev–Trinajstić information content (AvgIpc) is 2.27. The third-order valence-electron chi connectivity index (χ3n) is 1.75. The van der Waals surface area contributed by atoms with Gasteiger partial charge in [-0.1, -0.05) is 11.6 Å². The minimum Gasteiger partial charge on any atom is -0.118 e. The van der Waals surface area contributed by atoms with Crippen LogP contribution in [0.5, 0.6) is 0 Å². The Morgan fingerprint density at radius 3 is 3.09 bits per heavy atom. The van der Waals surface area contributed by atoms with Crippen LogP contribution in [0, 0.1) is 5.25 Å². The highest BCUT2D eigenvalue weighted by Gasteiger charge is 2.18. The normalized spacial score (nSPS) is 16.9. The van der Waals surface area contributed by atoms with Gasteiger partial charge in [-0.3, -0.25) is 0 Å². The zero-order valence-electron chi connectivity index (χ0n) is 6.23. The molecule has 0 unspecified atom stereocenters. The van der Waals surface area contributed by atoms with Crippen molar-refractivity contribution >= 4 is 23.4 Å². The van der Waals surface area contributed by atoms with Crippen molar-refractivity contribution in [2.75, 3.05) is 0 Å². The maximum atomic E-state index is 5.85. The molecule has 0 fully saturated rings. The van der Waals surface area contributed by atoms with E-state index in [9.17, 15) is 0 Å². The van der Waals surface area contributed by atoms with Crippen LogP contribution in [0.4, 0.5) is 0 Å². The zero-order valence-corrected chi connectivity index (χ0v) is 7.80. The number of fused-ring (bicyclic) bond motifs is 1. The topological polar surface area (TPSA) is 0 Å². The van der Waals surface area contributed by atoms with Gasteiger partial charge < -0.3 is 0 Å². The highest BCUT2D eigenvalue weighted by atomic mass is 35.5. The van der Waals surface area contributed by atoms with Crippen molar-refractivity contribution in [2.45, 2.75) is 18.2 Å². The van der Waals surface area contributed by atoms with Crippen LogP contribution < -0.4 is 0 Å². The van der Waals surface area contributed by atoms with E-state index in [1.807, 2.05) is 17.8 Å². The van der Waals surface area contributed by atoms with Crippen LogP contribution in [0.15, 0.2) is 23.1 Å². The second-order valence-corrected chi connectivity index (χ2v) is 4.51. The number of thioether (sulfide) groups is 1. The smallest absolute Gasteiger partial charge is 0.0409 e. The first-order valence-electron chi connectivity index (χ1n) is 3.54. The Morgan fingerprint density at radius 1 is 1.45 bits per heavy atom. The molecule has 0 atom stereocenters. The maximum Gasteiger partial charge on any atom is 0.0409 e. The lowest BCUT2D eigenvalue weighted by Gasteiger charge is -1.95. The number of hydrogen-bond acceptors (Lipinski definition) is 1. The first-order chi connectivity index (χ1) is 5.25. The Labute approximate surface area is 75.9 Å². The lowest BCUT2D eigenvalue weighted by Crippen LogP contribution is -1.81. The lowest BCUT2D eigenvalue weighted by molar-refractivity contribution is 1.10. The van der Waals surface area contributed by atoms with Crippen LogP contribution >= 0.6 is 23.4 Å². The summed E-state index contributed by atoms with van der Waals surface area (Å²) in [6.45, 7) is 2.17. The van der Waals surface area contributed by atoms with E-state index in [1.165, 1.54) is 15.7 Å². The van der Waals surface area contributed by atoms with E-state index in [2.05, 4.69) is 19.1 Å². The predicted molar refractivity (Wildman–Crippen MR) is 49.9 cm³/mol. The van der Waals surface area contributed by atoms with E-state index in [0.717, 1.165) is 11.4 Å². The molecular formula is C9H8ClS. The lowest BCUT2D eigenvalue weighted by atomic mass is 10.1. The molecule has 1 aliphatic heterocycles. The summed E-state index contributed by atoms with van der Waals surface area (Å²) < 4.78 is 0. The van der Waals surface area contributed by atoms with Crippen molar-refractivity contribution in [3.8, 4) is 0 Å². The van der Waals surface area contributed by atoms with E-state index >= 15 is 0 Å². The van der Waals surface area contributed by atoms with E-state index in [0.29, 0.717) is 0 Å². The highest BCUT2D eigenvalue weighted by Crippen LogP contribution is 2.42. The fraction of sp³-hybridized carbons (Fsp3) is 0.222. The van der Waals surface area contributed by atoms with Gasteiger partial charge in [-0.2, -0.15) is 0 Å². The monoisotopic (exact) mass is 183 g/mol. The molecule has 1 aliphatic rings. The van der Waals surface area contributed by atoms with Gasteiger partial charge in [0.1, 0.15) is 0 Å². The minimum absolute atomic E-state index is 0.846. The molecule has 1 aromatic carbocycles. The van der Waals surface area contributed by atoms with Crippen LogP contribution in [0.2, 0.25) is 5.02 Å². The average molecular weight is 184 g/mol. The number of benzene rings is 1. The minimum atomic E-state index is 0.846. The van der Waals surface area contributed by atoms with Gasteiger partial charge >= 0.3 is 0 Å². The SMILES string of the molecule is C[C]1Cc2cc(Cl)ccc2S1. The molecule has 0 aromatic heterocycles. The Morgan fingerprint density at radius 2 is 2.27 bits per heavy atom. The van der Waals surface area contributed by atoms with E-state index < -0.39 is 0 Å². The van der Waals surface area contributed by atoms with Gasteiger partial charge in [-0.15, -0.1) is 11.8 Å². The Bertz CT molecular complexity index is 283. The first-order valence-corrected chi connectivity index (χ1v) is 4.74. The van der Waals surface area contributed by atoms with Crippen molar-refractivity contribution in [1.82, 2.24) is 0 Å². The molecule has 0 bridgehead atoms. The molecule has 0 saturated carbocycles. The molecule has 0 amide bonds. The Hall–Kier alpha value is -0.140. The van der Waals surface area contributed by atoms with Gasteiger partial charge in [0.25, 0.3) is 0 Å². The van der Waals surface area contributed by atoms with Gasteiger partial charge in [-0.25, -0.2) is 0 Å². The molecule has 1 aromatic rings. The summed E-state index contributed by atoms with van der Waals surface area (Å²) in [5.41, 5.74) is 1.38. The van der Waals surface area contributed by atoms with E-state index in [1.54, 1.807) is 0 Å². The summed E-state index contributed by atoms with van der Waals surface area (Å²) in [4.78, 5) is 1.37. The molecule has 0 nitrogen and oxygen atoms in total. The second kappa shape index (κ2) is 2.72. The number of rotatable bonds is 0. The first kappa shape index (κ1) is 7.51. The van der Waals surface area contributed by atoms with Gasteiger partial charge in [0, 0.05) is 15.2 Å². The molecular weight excluding hydrogens is 176 g/mol. The molecule has 57 valence electrons. The Balaban J connectivity index is 2.43. The third-order valence-corrected chi connectivity index (χ3v) is 3.09. The van der Waals surface area contributed by atoms with Crippen molar-refractivity contribution < 1.29 is 0 Å². The second-order valence-electron chi connectivity index (χ2n) is 2.73. The predicted octanol–water partition coefficient (Wildman–Crippen LogP) is 3.54. The fourth-order valence-corrected chi connectivity index (χ4v) is 2.47. The van der Waals surface area contributed by atoms with E-state index in [4.69, 9.17) is 11.6 Å². The van der Waals surface area contributed by atoms with Crippen LogP contribution in [-0.4, -0.2) is 0 Å². The maximum absolute atomic E-state index is 5.85. The highest BCUT2D eigenvalue weighted by molar-refractivity contribution is 8.02. The molecule has 0 aliphatic carbocycles. The summed E-state index contributed by atoms with van der Waals surface area (Å²) >= 11 is 7.71. The van der Waals surface area contributed by atoms with Gasteiger partial charge in [-0.05, 0) is 37.1 Å². The van der Waals surface area contributed by atoms with Crippen LogP contribution in [0.1, 0.15) is 12.5 Å². The van der Waals surface area contributed by atoms with Gasteiger partial charge in [0.2, 0.25) is 0 Å². The van der Waals surface area contributed by atoms with Crippen molar-refractivity contribution in [3.63, 3.8) is 0 Å². The summed E-state index contributed by atoms with van der Waals surface area (Å²) in [5.74, 6) is 0. The molecule has 1 heterocycles. The molecule has 2 rings (SSSR count).